The van der Waals surface area contributed by atoms with Crippen molar-refractivity contribution in [2.24, 2.45) is 5.73 Å². The number of rotatable bonds is 5. The number of ether oxygens (including phenoxy) is 1. The van der Waals surface area contributed by atoms with E-state index in [1.807, 2.05) is 17.5 Å². The van der Waals surface area contributed by atoms with Crippen LogP contribution in [-0.4, -0.2) is 30.4 Å². The highest BCUT2D eigenvalue weighted by molar-refractivity contribution is 7.17. The molecule has 2 rings (SSSR count). The molecule has 0 aliphatic carbocycles. The van der Waals surface area contributed by atoms with Gasteiger partial charge in [-0.1, -0.05) is 6.07 Å². The Bertz CT molecular complexity index is 782. The van der Waals surface area contributed by atoms with Crippen molar-refractivity contribution < 1.29 is 23.9 Å². The van der Waals surface area contributed by atoms with Crippen LogP contribution in [0.15, 0.2) is 22.9 Å². The minimum absolute atomic E-state index is 0.157. The van der Waals surface area contributed by atoms with Crippen molar-refractivity contribution in [3.05, 3.63) is 28.5 Å². The molecule has 4 N–H and O–H groups in total. The fourth-order valence-electron chi connectivity index (χ4n) is 1.80. The minimum atomic E-state index is -1.04. The fraction of sp³-hybridized carbons (Fsp3) is 0.143. The van der Waals surface area contributed by atoms with Gasteiger partial charge in [0.05, 0.1) is 0 Å². The van der Waals surface area contributed by atoms with Gasteiger partial charge in [-0.3, -0.25) is 14.9 Å². The molecule has 0 saturated carbocycles. The van der Waals surface area contributed by atoms with Crippen molar-refractivity contribution in [3.8, 4) is 10.4 Å². The number of anilines is 1. The second-order valence-electron chi connectivity index (χ2n) is 4.50. The van der Waals surface area contributed by atoms with Gasteiger partial charge in [0, 0.05) is 22.7 Å². The lowest BCUT2D eigenvalue weighted by atomic mass is 10.1. The highest BCUT2D eigenvalue weighted by Crippen LogP contribution is 2.38. The number of hydrogen-bond acceptors (Lipinski definition) is 7. The SMILES string of the molecule is CC(=O)Nc1scc(-c2cccs2)c1C(=O)OCC(=O)NC(N)=O. The van der Waals surface area contributed by atoms with E-state index in [4.69, 9.17) is 10.5 Å². The van der Waals surface area contributed by atoms with E-state index in [0.717, 1.165) is 4.88 Å². The molecule has 0 atom stereocenters. The largest absolute Gasteiger partial charge is 0.452 e. The van der Waals surface area contributed by atoms with Gasteiger partial charge in [0.25, 0.3) is 5.91 Å². The smallest absolute Gasteiger partial charge is 0.342 e. The van der Waals surface area contributed by atoms with Crippen molar-refractivity contribution in [3.63, 3.8) is 0 Å². The zero-order chi connectivity index (χ0) is 17.7. The third-order valence-corrected chi connectivity index (χ3v) is 4.47. The van der Waals surface area contributed by atoms with Crippen LogP contribution in [0.2, 0.25) is 0 Å². The summed E-state index contributed by atoms with van der Waals surface area (Å²) in [5.41, 5.74) is 5.56. The molecule has 0 spiro atoms. The second kappa shape index (κ2) is 7.70. The first kappa shape index (κ1) is 17.6. The van der Waals surface area contributed by atoms with Crippen molar-refractivity contribution >= 4 is 51.5 Å². The van der Waals surface area contributed by atoms with Gasteiger partial charge >= 0.3 is 12.0 Å². The Hall–Kier alpha value is -2.72. The molecular formula is C14H13N3O5S2. The molecule has 10 heteroatoms. The number of carbonyl (C=O) groups is 4. The summed E-state index contributed by atoms with van der Waals surface area (Å²) in [6.45, 7) is 0.654. The second-order valence-corrected chi connectivity index (χ2v) is 6.33. The van der Waals surface area contributed by atoms with Crippen LogP contribution in [0, 0.1) is 0 Å². The van der Waals surface area contributed by atoms with Gasteiger partial charge in [-0.25, -0.2) is 9.59 Å². The Morgan fingerprint density at radius 3 is 2.58 bits per heavy atom. The monoisotopic (exact) mass is 367 g/mol. The van der Waals surface area contributed by atoms with Crippen LogP contribution < -0.4 is 16.4 Å². The summed E-state index contributed by atoms with van der Waals surface area (Å²) in [6.07, 6.45) is 0. The summed E-state index contributed by atoms with van der Waals surface area (Å²) >= 11 is 2.59. The molecule has 0 fully saturated rings. The molecule has 0 aliphatic rings. The molecule has 0 aromatic carbocycles. The number of nitrogens with two attached hydrogens (primary N) is 1. The average Bonchev–Trinajstić information content (AvgIpc) is 3.12. The summed E-state index contributed by atoms with van der Waals surface area (Å²) in [4.78, 5) is 46.4. The van der Waals surface area contributed by atoms with Crippen LogP contribution in [0.3, 0.4) is 0 Å². The first-order chi connectivity index (χ1) is 11.4. The molecule has 2 aromatic rings. The number of hydrogen-bond donors (Lipinski definition) is 3. The number of amides is 4. The molecule has 8 nitrogen and oxygen atoms in total. The van der Waals surface area contributed by atoms with Gasteiger partial charge in [0.2, 0.25) is 5.91 Å². The maximum absolute atomic E-state index is 12.4. The van der Waals surface area contributed by atoms with Crippen LogP contribution >= 0.6 is 22.7 Å². The van der Waals surface area contributed by atoms with E-state index >= 15 is 0 Å². The maximum Gasteiger partial charge on any atom is 0.342 e. The summed E-state index contributed by atoms with van der Waals surface area (Å²) in [5, 5.41) is 8.25. The number of nitrogens with one attached hydrogen (secondary N) is 2. The van der Waals surface area contributed by atoms with Gasteiger partial charge in [0.1, 0.15) is 10.6 Å². The molecule has 4 amide bonds. The van der Waals surface area contributed by atoms with Gasteiger partial charge in [-0.2, -0.15) is 0 Å². The number of carbonyl (C=O) groups excluding carboxylic acids is 4. The summed E-state index contributed by atoms with van der Waals surface area (Å²) in [5.74, 6) is -1.97. The van der Waals surface area contributed by atoms with Crippen LogP contribution in [0.1, 0.15) is 17.3 Å². The third-order valence-electron chi connectivity index (χ3n) is 2.67. The minimum Gasteiger partial charge on any atom is -0.452 e. The fourth-order valence-corrected chi connectivity index (χ4v) is 3.62. The summed E-state index contributed by atoms with van der Waals surface area (Å²) in [6, 6.07) is 2.61. The van der Waals surface area contributed by atoms with Crippen LogP contribution in [0.25, 0.3) is 10.4 Å². The first-order valence-electron chi connectivity index (χ1n) is 6.58. The number of esters is 1. The zero-order valence-corrected chi connectivity index (χ0v) is 14.1. The van der Waals surface area contributed by atoms with Crippen molar-refractivity contribution in [2.75, 3.05) is 11.9 Å². The standard InChI is InChI=1S/C14H13N3O5S2/c1-7(18)16-12-11(8(6-24-12)9-3-2-4-23-9)13(20)22-5-10(19)17-14(15)21/h2-4,6H,5H2,1H3,(H,16,18)(H3,15,17,19,21). The molecular weight excluding hydrogens is 354 g/mol. The number of imide groups is 1. The van der Waals surface area contributed by atoms with Crippen LogP contribution in [0.5, 0.6) is 0 Å². The topological polar surface area (TPSA) is 128 Å². The molecule has 0 radical (unpaired) electrons. The van der Waals surface area contributed by atoms with Gasteiger partial charge in [-0.15, -0.1) is 22.7 Å². The quantitative estimate of drug-likeness (QED) is 0.694. The maximum atomic E-state index is 12.4. The van der Waals surface area contributed by atoms with E-state index in [0.29, 0.717) is 10.6 Å². The Morgan fingerprint density at radius 2 is 2.00 bits per heavy atom. The molecule has 24 heavy (non-hydrogen) atoms. The van der Waals surface area contributed by atoms with E-state index in [1.54, 1.807) is 10.7 Å². The predicted molar refractivity (Wildman–Crippen MR) is 89.9 cm³/mol. The molecule has 0 saturated heterocycles. The molecule has 0 bridgehead atoms. The number of thiophene rings is 2. The highest BCUT2D eigenvalue weighted by atomic mass is 32.1. The number of primary amides is 1. The molecule has 0 unspecified atom stereocenters. The lowest BCUT2D eigenvalue weighted by molar-refractivity contribution is -0.123. The zero-order valence-electron chi connectivity index (χ0n) is 12.5. The van der Waals surface area contributed by atoms with Crippen molar-refractivity contribution in [1.29, 1.82) is 0 Å². The third kappa shape index (κ3) is 4.40. The van der Waals surface area contributed by atoms with Gasteiger partial charge in [0.15, 0.2) is 6.61 Å². The molecule has 2 heterocycles. The Morgan fingerprint density at radius 1 is 1.25 bits per heavy atom. The Kier molecular flexibility index (Phi) is 5.66. The van der Waals surface area contributed by atoms with Crippen LogP contribution in [0.4, 0.5) is 9.80 Å². The van der Waals surface area contributed by atoms with Crippen molar-refractivity contribution in [2.45, 2.75) is 6.92 Å². The molecule has 126 valence electrons. The normalized spacial score (nSPS) is 10.0. The lowest BCUT2D eigenvalue weighted by Gasteiger charge is -2.08. The summed E-state index contributed by atoms with van der Waals surface area (Å²) in [7, 11) is 0. The van der Waals surface area contributed by atoms with Gasteiger partial charge in [-0.05, 0) is 11.4 Å². The Balaban J connectivity index is 2.24. The molecule has 0 aliphatic heterocycles. The van der Waals surface area contributed by atoms with E-state index in [-0.39, 0.29) is 11.5 Å². The van der Waals surface area contributed by atoms with E-state index < -0.39 is 24.5 Å². The van der Waals surface area contributed by atoms with E-state index in [2.05, 4.69) is 5.32 Å². The predicted octanol–water partition coefficient (Wildman–Crippen LogP) is 1.79. The van der Waals surface area contributed by atoms with Crippen molar-refractivity contribution in [1.82, 2.24) is 5.32 Å². The van der Waals surface area contributed by atoms with E-state index in [9.17, 15) is 19.2 Å². The van der Waals surface area contributed by atoms with Crippen LogP contribution in [-0.2, 0) is 14.3 Å². The Labute approximate surface area is 144 Å². The van der Waals surface area contributed by atoms with Gasteiger partial charge < -0.3 is 15.8 Å². The summed E-state index contributed by atoms with van der Waals surface area (Å²) < 4.78 is 4.91. The lowest BCUT2D eigenvalue weighted by Crippen LogP contribution is -2.37. The first-order valence-corrected chi connectivity index (χ1v) is 8.33. The molecule has 2 aromatic heterocycles. The highest BCUT2D eigenvalue weighted by Gasteiger charge is 2.23. The average molecular weight is 367 g/mol. The van der Waals surface area contributed by atoms with E-state index in [1.165, 1.54) is 29.6 Å². The number of urea groups is 1.